The predicted molar refractivity (Wildman–Crippen MR) is 81.7 cm³/mol. The summed E-state index contributed by atoms with van der Waals surface area (Å²) in [5.74, 6) is 1.86. The predicted octanol–water partition coefficient (Wildman–Crippen LogP) is 1.01. The molecule has 110 valence electrons. The van der Waals surface area contributed by atoms with Gasteiger partial charge < -0.3 is 16.0 Å². The van der Waals surface area contributed by atoms with Crippen LogP contribution in [0.25, 0.3) is 0 Å². The van der Waals surface area contributed by atoms with Crippen molar-refractivity contribution in [3.8, 4) is 0 Å². The quantitative estimate of drug-likeness (QED) is 0.633. The minimum absolute atomic E-state index is 0.319. The second-order valence-corrected chi connectivity index (χ2v) is 5.53. The molecule has 1 unspecified atom stereocenters. The molecule has 0 bridgehead atoms. The first-order chi connectivity index (χ1) is 9.65. The van der Waals surface area contributed by atoms with Gasteiger partial charge in [-0.15, -0.1) is 0 Å². The molecule has 6 nitrogen and oxygen atoms in total. The van der Waals surface area contributed by atoms with Crippen LogP contribution in [0, 0.1) is 5.92 Å². The van der Waals surface area contributed by atoms with Crippen molar-refractivity contribution in [2.24, 2.45) is 16.6 Å². The van der Waals surface area contributed by atoms with Crippen molar-refractivity contribution in [1.29, 1.82) is 0 Å². The Bertz CT molecular complexity index is 431. The lowest BCUT2D eigenvalue weighted by molar-refractivity contribution is 0.419. The molecule has 0 saturated carbocycles. The summed E-state index contributed by atoms with van der Waals surface area (Å²) < 4.78 is 0. The summed E-state index contributed by atoms with van der Waals surface area (Å²) in [6, 6.07) is 2.16. The fraction of sp³-hybridized carbons (Fsp3) is 0.643. The maximum atomic E-state index is 5.84. The van der Waals surface area contributed by atoms with Gasteiger partial charge in [0.15, 0.2) is 5.96 Å². The fourth-order valence-electron chi connectivity index (χ4n) is 2.42. The molecule has 1 aliphatic heterocycles. The number of nitrogens with two attached hydrogens (primary N) is 1. The van der Waals surface area contributed by atoms with Crippen LogP contribution in [0.4, 0.5) is 5.95 Å². The highest BCUT2D eigenvalue weighted by Crippen LogP contribution is 2.19. The van der Waals surface area contributed by atoms with Crippen LogP contribution in [-0.4, -0.2) is 41.6 Å². The molecule has 2 rings (SSSR count). The van der Waals surface area contributed by atoms with Gasteiger partial charge >= 0.3 is 0 Å². The molecule has 3 N–H and O–H groups in total. The number of rotatable bonds is 4. The van der Waals surface area contributed by atoms with Crippen molar-refractivity contribution < 1.29 is 0 Å². The first-order valence-electron chi connectivity index (χ1n) is 7.23. The normalized spacial score (nSPS) is 20.2. The first-order valence-corrected chi connectivity index (χ1v) is 7.23. The van der Waals surface area contributed by atoms with E-state index in [-0.39, 0.29) is 0 Å². The Labute approximate surface area is 120 Å². The monoisotopic (exact) mass is 276 g/mol. The standard InChI is InChI=1S/C14H24N6/c1-11(2)19-13(15)18-9-12-5-3-8-20(10-12)14-16-6-4-7-17-14/h4,6-7,11-12H,3,5,8-10H2,1-2H3,(H3,15,18,19). The number of guanidine groups is 1. The molecule has 1 saturated heterocycles. The van der Waals surface area contributed by atoms with Gasteiger partial charge in [0.2, 0.25) is 5.95 Å². The van der Waals surface area contributed by atoms with Crippen LogP contribution in [0.2, 0.25) is 0 Å². The molecule has 1 aliphatic rings. The van der Waals surface area contributed by atoms with E-state index in [0.29, 0.717) is 17.9 Å². The van der Waals surface area contributed by atoms with Crippen molar-refractivity contribution in [1.82, 2.24) is 15.3 Å². The lowest BCUT2D eigenvalue weighted by Gasteiger charge is -2.32. The molecule has 1 fully saturated rings. The van der Waals surface area contributed by atoms with E-state index >= 15 is 0 Å². The summed E-state index contributed by atoms with van der Waals surface area (Å²) in [6.45, 7) is 6.83. The van der Waals surface area contributed by atoms with Crippen LogP contribution in [0.15, 0.2) is 23.5 Å². The molecule has 0 amide bonds. The van der Waals surface area contributed by atoms with E-state index < -0.39 is 0 Å². The Morgan fingerprint density at radius 1 is 1.50 bits per heavy atom. The molecular weight excluding hydrogens is 252 g/mol. The number of nitrogens with one attached hydrogen (secondary N) is 1. The summed E-state index contributed by atoms with van der Waals surface area (Å²) in [5.41, 5.74) is 5.84. The highest BCUT2D eigenvalue weighted by atomic mass is 15.3. The maximum Gasteiger partial charge on any atom is 0.225 e. The number of aliphatic imine (C=N–C) groups is 1. The Morgan fingerprint density at radius 2 is 2.25 bits per heavy atom. The fourth-order valence-corrected chi connectivity index (χ4v) is 2.42. The van der Waals surface area contributed by atoms with Gasteiger partial charge in [-0.1, -0.05) is 0 Å². The van der Waals surface area contributed by atoms with Gasteiger partial charge in [0.05, 0.1) is 0 Å². The van der Waals surface area contributed by atoms with E-state index in [2.05, 4.69) is 39.0 Å². The van der Waals surface area contributed by atoms with Gasteiger partial charge in [-0.25, -0.2) is 9.97 Å². The Morgan fingerprint density at radius 3 is 2.95 bits per heavy atom. The second kappa shape index (κ2) is 7.07. The van der Waals surface area contributed by atoms with Crippen molar-refractivity contribution in [3.63, 3.8) is 0 Å². The zero-order chi connectivity index (χ0) is 14.4. The van der Waals surface area contributed by atoms with Crippen LogP contribution >= 0.6 is 0 Å². The molecule has 0 radical (unpaired) electrons. The van der Waals surface area contributed by atoms with E-state index in [0.717, 1.165) is 32.0 Å². The third kappa shape index (κ3) is 4.36. The highest BCUT2D eigenvalue weighted by molar-refractivity contribution is 5.78. The summed E-state index contributed by atoms with van der Waals surface area (Å²) in [4.78, 5) is 15.3. The lowest BCUT2D eigenvalue weighted by Crippen LogP contribution is -2.39. The van der Waals surface area contributed by atoms with E-state index in [4.69, 9.17) is 5.73 Å². The highest BCUT2D eigenvalue weighted by Gasteiger charge is 2.21. The van der Waals surface area contributed by atoms with Crippen LogP contribution in [-0.2, 0) is 0 Å². The molecular formula is C14H24N6. The van der Waals surface area contributed by atoms with Crippen LogP contribution in [0.1, 0.15) is 26.7 Å². The van der Waals surface area contributed by atoms with Gasteiger partial charge in [-0.05, 0) is 38.7 Å². The first kappa shape index (κ1) is 14.6. The van der Waals surface area contributed by atoms with Crippen LogP contribution in [0.3, 0.4) is 0 Å². The molecule has 0 aromatic carbocycles. The number of anilines is 1. The van der Waals surface area contributed by atoms with Crippen molar-refractivity contribution >= 4 is 11.9 Å². The Kier molecular flexibility index (Phi) is 5.15. The molecule has 1 atom stereocenters. The van der Waals surface area contributed by atoms with Gasteiger partial charge in [-0.2, -0.15) is 0 Å². The molecule has 20 heavy (non-hydrogen) atoms. The minimum atomic E-state index is 0.319. The van der Waals surface area contributed by atoms with Gasteiger partial charge in [0.1, 0.15) is 0 Å². The number of aromatic nitrogens is 2. The average Bonchev–Trinajstić information content (AvgIpc) is 2.46. The van der Waals surface area contributed by atoms with Gasteiger partial charge in [0, 0.05) is 38.1 Å². The molecule has 0 aliphatic carbocycles. The smallest absolute Gasteiger partial charge is 0.225 e. The van der Waals surface area contributed by atoms with E-state index in [9.17, 15) is 0 Å². The number of nitrogens with zero attached hydrogens (tertiary/aromatic N) is 4. The Balaban J connectivity index is 1.88. The number of hydrogen-bond donors (Lipinski definition) is 2. The summed E-state index contributed by atoms with van der Waals surface area (Å²) in [5, 5.41) is 3.11. The Hall–Kier alpha value is -1.85. The van der Waals surface area contributed by atoms with Crippen molar-refractivity contribution in [2.45, 2.75) is 32.7 Å². The second-order valence-electron chi connectivity index (χ2n) is 5.53. The minimum Gasteiger partial charge on any atom is -0.370 e. The maximum absolute atomic E-state index is 5.84. The molecule has 2 heterocycles. The van der Waals surface area contributed by atoms with E-state index in [1.807, 2.05) is 6.07 Å². The van der Waals surface area contributed by atoms with E-state index in [1.54, 1.807) is 12.4 Å². The topological polar surface area (TPSA) is 79.4 Å². The molecule has 1 aromatic rings. The number of hydrogen-bond acceptors (Lipinski definition) is 4. The van der Waals surface area contributed by atoms with Crippen LogP contribution < -0.4 is 16.0 Å². The van der Waals surface area contributed by atoms with Crippen molar-refractivity contribution in [3.05, 3.63) is 18.5 Å². The summed E-state index contributed by atoms with van der Waals surface area (Å²) in [6.07, 6.45) is 5.90. The van der Waals surface area contributed by atoms with E-state index in [1.165, 1.54) is 6.42 Å². The summed E-state index contributed by atoms with van der Waals surface area (Å²) >= 11 is 0. The summed E-state index contributed by atoms with van der Waals surface area (Å²) in [7, 11) is 0. The lowest BCUT2D eigenvalue weighted by atomic mass is 9.98. The molecule has 6 heteroatoms. The average molecular weight is 276 g/mol. The third-order valence-corrected chi connectivity index (χ3v) is 3.31. The zero-order valence-corrected chi connectivity index (χ0v) is 12.3. The van der Waals surface area contributed by atoms with Gasteiger partial charge in [0.25, 0.3) is 0 Å². The third-order valence-electron chi connectivity index (χ3n) is 3.31. The molecule has 1 aromatic heterocycles. The molecule has 0 spiro atoms. The largest absolute Gasteiger partial charge is 0.370 e. The number of piperidine rings is 1. The van der Waals surface area contributed by atoms with Crippen LogP contribution in [0.5, 0.6) is 0 Å². The van der Waals surface area contributed by atoms with Gasteiger partial charge in [-0.3, -0.25) is 4.99 Å². The SMILES string of the molecule is CC(C)NC(N)=NCC1CCCN(c2ncccn2)C1. The zero-order valence-electron chi connectivity index (χ0n) is 12.3. The van der Waals surface area contributed by atoms with Crippen molar-refractivity contribution in [2.75, 3.05) is 24.5 Å².